The fourth-order valence-electron chi connectivity index (χ4n) is 2.56. The van der Waals surface area contributed by atoms with E-state index in [4.69, 9.17) is 4.18 Å². The monoisotopic (exact) mass is 284 g/mol. The van der Waals surface area contributed by atoms with Crippen molar-refractivity contribution < 1.29 is 12.6 Å². The first kappa shape index (κ1) is 16.2. The minimum absolute atomic E-state index is 0.147. The Morgan fingerprint density at radius 1 is 0.947 bits per heavy atom. The average molecular weight is 284 g/mol. The fourth-order valence-corrected chi connectivity index (χ4v) is 3.48. The lowest BCUT2D eigenvalue weighted by atomic mass is 9.74. The van der Waals surface area contributed by atoms with Gasteiger partial charge in [0.05, 0.1) is 11.5 Å². The topological polar surface area (TPSA) is 43.4 Å². The van der Waals surface area contributed by atoms with Gasteiger partial charge in [-0.2, -0.15) is 8.42 Å². The van der Waals surface area contributed by atoms with Gasteiger partial charge in [0.1, 0.15) is 0 Å². The number of hydrogen-bond donors (Lipinski definition) is 0. The molecule has 0 radical (unpaired) electrons. The van der Waals surface area contributed by atoms with E-state index in [2.05, 4.69) is 20.8 Å². The molecule has 0 saturated carbocycles. The second kappa shape index (κ2) is 6.53. The molecule has 1 aromatic rings. The summed E-state index contributed by atoms with van der Waals surface area (Å²) < 4.78 is 28.4. The quantitative estimate of drug-likeness (QED) is 0.714. The molecule has 0 aliphatic heterocycles. The van der Waals surface area contributed by atoms with Crippen LogP contribution in [-0.4, -0.2) is 15.0 Å². The summed E-state index contributed by atoms with van der Waals surface area (Å²) in [5, 5.41) is 0. The third-order valence-electron chi connectivity index (χ3n) is 4.06. The zero-order chi connectivity index (χ0) is 14.5. The predicted molar refractivity (Wildman–Crippen MR) is 77.8 cm³/mol. The maximum Gasteiger partial charge on any atom is 0.296 e. The predicted octanol–water partition coefficient (Wildman–Crippen LogP) is 3.88. The van der Waals surface area contributed by atoms with E-state index in [9.17, 15) is 8.42 Å². The van der Waals surface area contributed by atoms with E-state index in [0.29, 0.717) is 0 Å². The van der Waals surface area contributed by atoms with Crippen molar-refractivity contribution in [1.29, 1.82) is 0 Å². The van der Waals surface area contributed by atoms with Crippen LogP contribution < -0.4 is 0 Å². The van der Waals surface area contributed by atoms with Crippen LogP contribution in [0.1, 0.15) is 52.5 Å². The molecule has 0 atom stereocenters. The molecule has 0 N–H and O–H groups in total. The van der Waals surface area contributed by atoms with Crippen molar-refractivity contribution in [1.82, 2.24) is 0 Å². The Morgan fingerprint density at radius 2 is 1.42 bits per heavy atom. The largest absolute Gasteiger partial charge is 0.296 e. The molecule has 0 aliphatic carbocycles. The molecule has 0 aliphatic rings. The van der Waals surface area contributed by atoms with E-state index < -0.39 is 10.1 Å². The van der Waals surface area contributed by atoms with Crippen LogP contribution in [0.25, 0.3) is 0 Å². The van der Waals surface area contributed by atoms with E-state index in [1.54, 1.807) is 19.1 Å². The molecular formula is C15H24O3S. The smallest absolute Gasteiger partial charge is 0.267 e. The first-order valence-electron chi connectivity index (χ1n) is 6.95. The molecule has 1 rings (SSSR count). The van der Waals surface area contributed by atoms with Gasteiger partial charge in [-0.1, -0.05) is 32.9 Å². The van der Waals surface area contributed by atoms with Crippen LogP contribution >= 0.6 is 0 Å². The standard InChI is InChI=1S/C15H24O3S/c1-5-15(6-2,7-3)13-9-11-14(12-10-13)19(16,17)18-8-4/h9-12H,5-8H2,1-4H3. The van der Waals surface area contributed by atoms with E-state index in [1.807, 2.05) is 12.1 Å². The Bertz CT molecular complexity index is 476. The van der Waals surface area contributed by atoms with Gasteiger partial charge in [-0.25, -0.2) is 0 Å². The number of benzene rings is 1. The fraction of sp³-hybridized carbons (Fsp3) is 0.600. The van der Waals surface area contributed by atoms with Gasteiger partial charge >= 0.3 is 0 Å². The number of hydrogen-bond acceptors (Lipinski definition) is 3. The Labute approximate surface area is 117 Å². The first-order chi connectivity index (χ1) is 8.95. The molecule has 0 unspecified atom stereocenters. The summed E-state index contributed by atoms with van der Waals surface area (Å²) in [6.45, 7) is 8.36. The molecule has 1 aromatic carbocycles. The zero-order valence-corrected chi connectivity index (χ0v) is 13.1. The molecular weight excluding hydrogens is 260 g/mol. The summed E-state index contributed by atoms with van der Waals surface area (Å²) >= 11 is 0. The van der Waals surface area contributed by atoms with Crippen molar-refractivity contribution in [3.05, 3.63) is 29.8 Å². The van der Waals surface area contributed by atoms with Gasteiger partial charge in [-0.3, -0.25) is 4.18 Å². The van der Waals surface area contributed by atoms with Crippen LogP contribution in [0.2, 0.25) is 0 Å². The Hall–Kier alpha value is -0.870. The highest BCUT2D eigenvalue weighted by Crippen LogP contribution is 2.35. The highest BCUT2D eigenvalue weighted by molar-refractivity contribution is 7.86. The normalized spacial score (nSPS) is 12.6. The van der Waals surface area contributed by atoms with Crippen LogP contribution in [-0.2, 0) is 19.7 Å². The lowest BCUT2D eigenvalue weighted by Crippen LogP contribution is -2.23. The van der Waals surface area contributed by atoms with Crippen molar-refractivity contribution in [2.75, 3.05) is 6.61 Å². The SMILES string of the molecule is CCOS(=O)(=O)c1ccc(C(CC)(CC)CC)cc1. The Balaban J connectivity index is 3.12. The molecule has 4 heteroatoms. The van der Waals surface area contributed by atoms with E-state index in [-0.39, 0.29) is 16.9 Å². The molecule has 0 heterocycles. The molecule has 0 bridgehead atoms. The second-order valence-corrected chi connectivity index (χ2v) is 6.34. The van der Waals surface area contributed by atoms with Gasteiger partial charge in [0.2, 0.25) is 0 Å². The maximum absolute atomic E-state index is 11.8. The van der Waals surface area contributed by atoms with Crippen LogP contribution in [0.4, 0.5) is 0 Å². The van der Waals surface area contributed by atoms with Crippen LogP contribution in [0, 0.1) is 0 Å². The third kappa shape index (κ3) is 3.37. The Morgan fingerprint density at radius 3 is 1.79 bits per heavy atom. The Kier molecular flexibility index (Phi) is 5.56. The van der Waals surface area contributed by atoms with Crippen molar-refractivity contribution in [2.45, 2.75) is 57.3 Å². The summed E-state index contributed by atoms with van der Waals surface area (Å²) in [6, 6.07) is 7.14. The van der Waals surface area contributed by atoms with Crippen molar-refractivity contribution in [2.24, 2.45) is 0 Å². The van der Waals surface area contributed by atoms with E-state index >= 15 is 0 Å². The molecule has 0 amide bonds. The third-order valence-corrected chi connectivity index (χ3v) is 5.45. The number of rotatable bonds is 7. The lowest BCUT2D eigenvalue weighted by Gasteiger charge is -2.31. The summed E-state index contributed by atoms with van der Waals surface area (Å²) in [6.07, 6.45) is 3.16. The molecule has 0 saturated heterocycles. The minimum Gasteiger partial charge on any atom is -0.267 e. The summed E-state index contributed by atoms with van der Waals surface area (Å²) in [7, 11) is -3.59. The zero-order valence-electron chi connectivity index (χ0n) is 12.3. The summed E-state index contributed by atoms with van der Waals surface area (Å²) in [4.78, 5) is 0.232. The molecule has 19 heavy (non-hydrogen) atoms. The molecule has 0 fully saturated rings. The van der Waals surface area contributed by atoms with Crippen molar-refractivity contribution in [3.63, 3.8) is 0 Å². The van der Waals surface area contributed by atoms with E-state index in [1.165, 1.54) is 5.56 Å². The van der Waals surface area contributed by atoms with Gasteiger partial charge in [0, 0.05) is 0 Å². The molecule has 0 spiro atoms. The van der Waals surface area contributed by atoms with Crippen LogP contribution in [0.5, 0.6) is 0 Å². The molecule has 108 valence electrons. The maximum atomic E-state index is 11.8. The van der Waals surface area contributed by atoms with Gasteiger partial charge < -0.3 is 0 Å². The lowest BCUT2D eigenvalue weighted by molar-refractivity contribution is 0.338. The van der Waals surface area contributed by atoms with Gasteiger partial charge in [0.15, 0.2) is 0 Å². The molecule has 3 nitrogen and oxygen atoms in total. The van der Waals surface area contributed by atoms with Crippen molar-refractivity contribution >= 4 is 10.1 Å². The summed E-state index contributed by atoms with van der Waals surface area (Å²) in [5.41, 5.74) is 1.35. The van der Waals surface area contributed by atoms with Gasteiger partial charge in [-0.15, -0.1) is 0 Å². The first-order valence-corrected chi connectivity index (χ1v) is 8.36. The summed E-state index contributed by atoms with van der Waals surface area (Å²) in [5.74, 6) is 0. The van der Waals surface area contributed by atoms with Gasteiger partial charge in [-0.05, 0) is 49.3 Å². The van der Waals surface area contributed by atoms with Gasteiger partial charge in [0.25, 0.3) is 10.1 Å². The van der Waals surface area contributed by atoms with Crippen LogP contribution in [0.3, 0.4) is 0 Å². The molecule has 0 aromatic heterocycles. The minimum atomic E-state index is -3.59. The second-order valence-electron chi connectivity index (χ2n) is 4.73. The highest BCUT2D eigenvalue weighted by atomic mass is 32.2. The van der Waals surface area contributed by atoms with E-state index in [0.717, 1.165) is 19.3 Å². The highest BCUT2D eigenvalue weighted by Gasteiger charge is 2.26. The van der Waals surface area contributed by atoms with Crippen molar-refractivity contribution in [3.8, 4) is 0 Å². The average Bonchev–Trinajstić information content (AvgIpc) is 2.42. The van der Waals surface area contributed by atoms with Crippen LogP contribution in [0.15, 0.2) is 29.2 Å².